The average Bonchev–Trinajstić information content (AvgIpc) is 2.77. The first-order valence-corrected chi connectivity index (χ1v) is 10.7. The number of carbonyl (C=O) groups excluding carboxylic acids is 1. The molecule has 1 aliphatic rings. The second-order valence-electron chi connectivity index (χ2n) is 8.13. The quantitative estimate of drug-likeness (QED) is 0.574. The van der Waals surface area contributed by atoms with Crippen LogP contribution >= 0.6 is 0 Å². The number of carbonyl (C=O) groups is 1. The van der Waals surface area contributed by atoms with E-state index in [1.807, 2.05) is 31.2 Å². The maximum Gasteiger partial charge on any atom is 0.401 e. The number of hydrogen-bond donors (Lipinski definition) is 3. The molecule has 0 unspecified atom stereocenters. The molecule has 2 aromatic rings. The molecule has 0 radical (unpaired) electrons. The maximum absolute atomic E-state index is 12.7. The number of hydrogen-bond acceptors (Lipinski definition) is 5. The van der Waals surface area contributed by atoms with Crippen molar-refractivity contribution in [3.63, 3.8) is 0 Å². The molecule has 1 aromatic carbocycles. The monoisotopic (exact) mass is 450 g/mol. The summed E-state index contributed by atoms with van der Waals surface area (Å²) in [6.07, 6.45) is -1.65. The third kappa shape index (κ3) is 7.20. The number of rotatable bonds is 8. The molecular formula is C23H29F3N4O2. The summed E-state index contributed by atoms with van der Waals surface area (Å²) in [7, 11) is 0. The number of piperidine rings is 1. The first-order chi connectivity index (χ1) is 15.2. The van der Waals surface area contributed by atoms with E-state index in [2.05, 4.69) is 20.9 Å². The highest BCUT2D eigenvalue weighted by molar-refractivity contribution is 5.92. The Morgan fingerprint density at radius 1 is 1.25 bits per heavy atom. The van der Waals surface area contributed by atoms with E-state index in [9.17, 15) is 18.0 Å². The van der Waals surface area contributed by atoms with Gasteiger partial charge in [-0.25, -0.2) is 4.98 Å². The summed E-state index contributed by atoms with van der Waals surface area (Å²) in [5.74, 6) is 0.104. The van der Waals surface area contributed by atoms with Crippen molar-refractivity contribution < 1.29 is 22.7 Å². The van der Waals surface area contributed by atoms with Gasteiger partial charge in [0, 0.05) is 18.6 Å². The summed E-state index contributed by atoms with van der Waals surface area (Å²) >= 11 is 0. The molecule has 1 amide bonds. The molecule has 174 valence electrons. The Morgan fingerprint density at radius 2 is 2.00 bits per heavy atom. The number of amides is 1. The van der Waals surface area contributed by atoms with Crippen molar-refractivity contribution in [3.8, 4) is 5.75 Å². The molecule has 1 saturated heterocycles. The number of aryl methyl sites for hydroxylation is 1. The smallest absolute Gasteiger partial charge is 0.401 e. The summed E-state index contributed by atoms with van der Waals surface area (Å²) in [4.78, 5) is 16.6. The van der Waals surface area contributed by atoms with Gasteiger partial charge in [0.1, 0.15) is 17.5 Å². The van der Waals surface area contributed by atoms with E-state index in [4.69, 9.17) is 4.74 Å². The van der Waals surface area contributed by atoms with Crippen LogP contribution in [0.4, 0.5) is 13.2 Å². The summed E-state index contributed by atoms with van der Waals surface area (Å²) in [5, 5.41) is 8.68. The van der Waals surface area contributed by atoms with Gasteiger partial charge in [-0.3, -0.25) is 4.79 Å². The topological polar surface area (TPSA) is 75.3 Å². The number of pyridine rings is 1. The Bertz CT molecular complexity index is 866. The van der Waals surface area contributed by atoms with Crippen molar-refractivity contribution in [2.45, 2.75) is 51.1 Å². The molecule has 2 heterocycles. The van der Waals surface area contributed by atoms with E-state index >= 15 is 0 Å². The summed E-state index contributed by atoms with van der Waals surface area (Å²) in [5.41, 5.74) is 2.04. The van der Waals surface area contributed by atoms with Gasteiger partial charge in [0.25, 0.3) is 5.91 Å². The molecule has 9 heteroatoms. The number of ether oxygens (including phenoxy) is 1. The molecular weight excluding hydrogens is 421 g/mol. The van der Waals surface area contributed by atoms with E-state index in [1.165, 1.54) is 6.20 Å². The molecule has 6 nitrogen and oxygen atoms in total. The van der Waals surface area contributed by atoms with Crippen molar-refractivity contribution in [2.24, 2.45) is 0 Å². The predicted molar refractivity (Wildman–Crippen MR) is 116 cm³/mol. The number of nitrogens with zero attached hydrogens (tertiary/aromatic N) is 1. The predicted octanol–water partition coefficient (Wildman–Crippen LogP) is 3.53. The largest absolute Gasteiger partial charge is 0.482 e. The molecule has 1 fully saturated rings. The molecule has 1 aromatic heterocycles. The van der Waals surface area contributed by atoms with Crippen molar-refractivity contribution in [2.75, 3.05) is 19.6 Å². The molecule has 3 atom stereocenters. The van der Waals surface area contributed by atoms with Crippen molar-refractivity contribution in [1.82, 2.24) is 20.9 Å². The van der Waals surface area contributed by atoms with Gasteiger partial charge in [0.15, 0.2) is 0 Å². The van der Waals surface area contributed by atoms with Crippen LogP contribution in [-0.4, -0.2) is 48.8 Å². The van der Waals surface area contributed by atoms with Gasteiger partial charge in [-0.2, -0.15) is 13.2 Å². The zero-order valence-corrected chi connectivity index (χ0v) is 18.2. The highest BCUT2D eigenvalue weighted by Crippen LogP contribution is 2.26. The number of aromatic nitrogens is 1. The van der Waals surface area contributed by atoms with E-state index in [0.29, 0.717) is 5.75 Å². The van der Waals surface area contributed by atoms with Crippen LogP contribution in [-0.2, 0) is 0 Å². The summed E-state index contributed by atoms with van der Waals surface area (Å²) in [6, 6.07) is 10.0. The van der Waals surface area contributed by atoms with E-state index < -0.39 is 24.9 Å². The minimum atomic E-state index is -4.32. The first kappa shape index (κ1) is 24.0. The SMILES string of the molecule is Cc1ccc([C@@H](Oc2ccc(C(=O)N[C@@H]3CCCNC3)nc2)[C@H](C)NCC(F)(F)F)cc1. The minimum absolute atomic E-state index is 0.0699. The maximum atomic E-state index is 12.7. The highest BCUT2D eigenvalue weighted by Gasteiger charge is 2.30. The lowest BCUT2D eigenvalue weighted by atomic mass is 10.0. The Morgan fingerprint density at radius 3 is 2.59 bits per heavy atom. The number of halogens is 3. The van der Waals surface area contributed by atoms with Gasteiger partial charge in [-0.1, -0.05) is 29.8 Å². The first-order valence-electron chi connectivity index (χ1n) is 10.7. The van der Waals surface area contributed by atoms with Crippen LogP contribution in [0.1, 0.15) is 47.5 Å². The zero-order chi connectivity index (χ0) is 23.1. The molecule has 32 heavy (non-hydrogen) atoms. The summed E-state index contributed by atoms with van der Waals surface area (Å²) < 4.78 is 44.1. The molecule has 0 bridgehead atoms. The standard InChI is InChI=1S/C23H29F3N4O2/c1-15-5-7-17(8-6-15)21(16(2)29-14-23(24,25)26)32-19-9-10-20(28-13-19)22(31)30-18-4-3-11-27-12-18/h5-10,13,16,18,21,27,29H,3-4,11-12,14H2,1-2H3,(H,30,31)/t16-,18+,21-/m0/s1. The highest BCUT2D eigenvalue weighted by atomic mass is 19.4. The summed E-state index contributed by atoms with van der Waals surface area (Å²) in [6.45, 7) is 4.14. The molecule has 0 spiro atoms. The number of benzene rings is 1. The number of alkyl halides is 3. The van der Waals surface area contributed by atoms with Crippen LogP contribution in [0.15, 0.2) is 42.6 Å². The molecule has 0 saturated carbocycles. The number of nitrogens with one attached hydrogen (secondary N) is 3. The van der Waals surface area contributed by atoms with Crippen LogP contribution in [0.5, 0.6) is 5.75 Å². The lowest BCUT2D eigenvalue weighted by Gasteiger charge is -2.27. The second-order valence-corrected chi connectivity index (χ2v) is 8.13. The van der Waals surface area contributed by atoms with Gasteiger partial charge in [-0.15, -0.1) is 0 Å². The molecule has 0 aliphatic carbocycles. The van der Waals surface area contributed by atoms with Gasteiger partial charge in [0.05, 0.1) is 12.7 Å². The molecule has 1 aliphatic heterocycles. The Labute approximate surface area is 186 Å². The van der Waals surface area contributed by atoms with Crippen molar-refractivity contribution in [1.29, 1.82) is 0 Å². The fourth-order valence-electron chi connectivity index (χ4n) is 3.56. The molecule has 3 N–H and O–H groups in total. The van der Waals surface area contributed by atoms with Crippen LogP contribution in [0.2, 0.25) is 0 Å². The Kier molecular flexibility index (Phi) is 8.09. The minimum Gasteiger partial charge on any atom is -0.482 e. The van der Waals surface area contributed by atoms with Crippen LogP contribution in [0, 0.1) is 6.92 Å². The van der Waals surface area contributed by atoms with Crippen LogP contribution < -0.4 is 20.7 Å². The Hall–Kier alpha value is -2.65. The van der Waals surface area contributed by atoms with Gasteiger partial charge < -0.3 is 20.7 Å². The van der Waals surface area contributed by atoms with Crippen molar-refractivity contribution >= 4 is 5.91 Å². The second kappa shape index (κ2) is 10.8. The third-order valence-corrected chi connectivity index (χ3v) is 5.35. The van der Waals surface area contributed by atoms with Gasteiger partial charge in [0.2, 0.25) is 0 Å². The normalized spacial score (nSPS) is 18.6. The fraction of sp³-hybridized carbons (Fsp3) is 0.478. The average molecular weight is 451 g/mol. The van der Waals surface area contributed by atoms with E-state index in [1.54, 1.807) is 19.1 Å². The zero-order valence-electron chi connectivity index (χ0n) is 18.2. The van der Waals surface area contributed by atoms with Crippen LogP contribution in [0.25, 0.3) is 0 Å². The van der Waals surface area contributed by atoms with Gasteiger partial charge in [-0.05, 0) is 50.9 Å². The lowest BCUT2D eigenvalue weighted by molar-refractivity contribution is -0.127. The van der Waals surface area contributed by atoms with E-state index in [-0.39, 0.29) is 17.6 Å². The fourth-order valence-corrected chi connectivity index (χ4v) is 3.56. The van der Waals surface area contributed by atoms with Gasteiger partial charge >= 0.3 is 6.18 Å². The van der Waals surface area contributed by atoms with Crippen LogP contribution in [0.3, 0.4) is 0 Å². The lowest BCUT2D eigenvalue weighted by Crippen LogP contribution is -2.45. The Balaban J connectivity index is 1.69. The molecule has 3 rings (SSSR count). The van der Waals surface area contributed by atoms with Crippen molar-refractivity contribution in [3.05, 3.63) is 59.4 Å². The van der Waals surface area contributed by atoms with E-state index in [0.717, 1.165) is 37.1 Å². The third-order valence-electron chi connectivity index (χ3n) is 5.35.